The molecule has 8 rings (SSSR count). The smallest absolute Gasteiger partial charge is 0.226 e. The molecule has 10 nitrogen and oxygen atoms in total. The molecule has 2 unspecified atom stereocenters. The van der Waals surface area contributed by atoms with E-state index in [1.165, 1.54) is 12.8 Å². The van der Waals surface area contributed by atoms with Crippen LogP contribution in [0.5, 0.6) is 0 Å². The molecule has 0 spiro atoms. The second kappa shape index (κ2) is 8.71. The number of anilines is 3. The van der Waals surface area contributed by atoms with E-state index < -0.39 is 5.60 Å². The molecular weight excluding hydrogens is 456 g/mol. The molecular formula is C26H36N8O2. The maximum Gasteiger partial charge on any atom is 0.226 e. The second-order valence-corrected chi connectivity index (χ2v) is 11.5. The summed E-state index contributed by atoms with van der Waals surface area (Å²) < 4.78 is 7.74. The molecule has 36 heavy (non-hydrogen) atoms. The van der Waals surface area contributed by atoms with Crippen LogP contribution in [-0.2, 0) is 11.3 Å². The topological polar surface area (TPSA) is 116 Å². The third-order valence-corrected chi connectivity index (χ3v) is 8.87. The third kappa shape index (κ3) is 4.14. The summed E-state index contributed by atoms with van der Waals surface area (Å²) in [6, 6.07) is 4.39. The lowest BCUT2D eigenvalue weighted by atomic mass is 9.52. The molecule has 2 atom stereocenters. The van der Waals surface area contributed by atoms with Crippen molar-refractivity contribution < 1.29 is 9.84 Å². The Balaban J connectivity index is 1.19. The average molecular weight is 493 g/mol. The van der Waals surface area contributed by atoms with Gasteiger partial charge in [0.1, 0.15) is 11.5 Å². The lowest BCUT2D eigenvalue weighted by molar-refractivity contribution is -0.129. The molecule has 4 heterocycles. The maximum absolute atomic E-state index is 11.0. The van der Waals surface area contributed by atoms with Crippen molar-refractivity contribution in [2.75, 3.05) is 43.5 Å². The first kappa shape index (κ1) is 22.5. The van der Waals surface area contributed by atoms with E-state index in [0.29, 0.717) is 29.7 Å². The number of hydrogen-bond acceptors (Lipinski definition) is 8. The van der Waals surface area contributed by atoms with E-state index in [2.05, 4.69) is 42.6 Å². The van der Waals surface area contributed by atoms with Gasteiger partial charge in [0.2, 0.25) is 5.95 Å². The summed E-state index contributed by atoms with van der Waals surface area (Å²) in [6.45, 7) is 7.38. The number of nitrogens with zero attached hydrogens (tertiary/aromatic N) is 5. The van der Waals surface area contributed by atoms with Gasteiger partial charge in [-0.05, 0) is 62.8 Å². The zero-order chi connectivity index (χ0) is 24.3. The average Bonchev–Trinajstić information content (AvgIpc) is 3.45. The lowest BCUT2D eigenvalue weighted by Gasteiger charge is -2.58. The van der Waals surface area contributed by atoms with Crippen molar-refractivity contribution in [1.29, 1.82) is 0 Å². The maximum atomic E-state index is 11.0. The van der Waals surface area contributed by atoms with E-state index >= 15 is 0 Å². The summed E-state index contributed by atoms with van der Waals surface area (Å²) in [5.41, 5.74) is 1.48. The van der Waals surface area contributed by atoms with Crippen LogP contribution in [0.1, 0.15) is 37.8 Å². The molecule has 4 N–H and O–H groups in total. The highest BCUT2D eigenvalue weighted by molar-refractivity contribution is 5.90. The number of nitrogens with one attached hydrogen (secondary N) is 3. The number of rotatable bonds is 7. The molecule has 4 bridgehead atoms. The predicted octanol–water partition coefficient (Wildman–Crippen LogP) is 2.89. The first-order valence-electron chi connectivity index (χ1n) is 13.5. The SMILES string of the molecule is Cc1cc(Nc2nc(NC3C4CC5CC3CC(O)(C5)C4)nc3c2ccn3CCN2CCOCC2)n[nH]1. The number of fused-ring (bicyclic) bond motifs is 1. The number of morpholine rings is 1. The molecule has 4 saturated carbocycles. The van der Waals surface area contributed by atoms with Crippen LogP contribution < -0.4 is 10.6 Å². The van der Waals surface area contributed by atoms with E-state index in [1.54, 1.807) is 0 Å². The number of aryl methyl sites for hydroxylation is 1. The number of aromatic nitrogens is 5. The van der Waals surface area contributed by atoms with Gasteiger partial charge in [-0.2, -0.15) is 15.1 Å². The van der Waals surface area contributed by atoms with Crippen molar-refractivity contribution in [2.45, 2.75) is 57.2 Å². The first-order valence-corrected chi connectivity index (χ1v) is 13.5. The van der Waals surface area contributed by atoms with Crippen LogP contribution in [0, 0.1) is 24.7 Å². The zero-order valence-corrected chi connectivity index (χ0v) is 20.9. The minimum Gasteiger partial charge on any atom is -0.390 e. The van der Waals surface area contributed by atoms with Crippen LogP contribution in [-0.4, -0.2) is 79.2 Å². The molecule has 3 aromatic rings. The standard InChI is InChI=1S/C26H36N8O2/c1-16-10-21(32-31-16)27-23-20-2-3-34(5-4-33-6-8-36-9-7-33)24(20)30-25(29-23)28-22-18-11-17-12-19(22)15-26(35,13-17)14-18/h2-3,10,17-19,22,35H,4-9,11-15H2,1H3,(H3,27,28,29,30,31,32). The number of H-pyrrole nitrogens is 1. The Hall–Kier alpha value is -2.69. The predicted molar refractivity (Wildman–Crippen MR) is 137 cm³/mol. The van der Waals surface area contributed by atoms with E-state index in [1.807, 2.05) is 13.0 Å². The fourth-order valence-corrected chi connectivity index (χ4v) is 7.45. The minimum absolute atomic E-state index is 0.316. The van der Waals surface area contributed by atoms with Crippen molar-refractivity contribution in [1.82, 2.24) is 29.6 Å². The summed E-state index contributed by atoms with van der Waals surface area (Å²) >= 11 is 0. The number of ether oxygens (including phenoxy) is 1. The molecule has 5 aliphatic rings. The van der Waals surface area contributed by atoms with Gasteiger partial charge in [0.15, 0.2) is 5.82 Å². The molecule has 4 aliphatic carbocycles. The molecule has 1 aliphatic heterocycles. The van der Waals surface area contributed by atoms with Crippen LogP contribution in [0.2, 0.25) is 0 Å². The molecule has 1 saturated heterocycles. The van der Waals surface area contributed by atoms with Crippen molar-refractivity contribution in [3.8, 4) is 0 Å². The Labute approximate surface area is 210 Å². The number of aliphatic hydroxyl groups is 1. The second-order valence-electron chi connectivity index (χ2n) is 11.5. The summed E-state index contributed by atoms with van der Waals surface area (Å²) in [6.07, 6.45) is 7.30. The highest BCUT2D eigenvalue weighted by atomic mass is 16.5. The third-order valence-electron chi connectivity index (χ3n) is 8.87. The van der Waals surface area contributed by atoms with E-state index in [9.17, 15) is 5.11 Å². The molecule has 0 aromatic carbocycles. The largest absolute Gasteiger partial charge is 0.390 e. The quantitative estimate of drug-likeness (QED) is 0.398. The summed E-state index contributed by atoms with van der Waals surface area (Å²) in [5.74, 6) is 3.82. The first-order chi connectivity index (χ1) is 17.5. The summed E-state index contributed by atoms with van der Waals surface area (Å²) in [7, 11) is 0. The Morgan fingerprint density at radius 2 is 1.94 bits per heavy atom. The van der Waals surface area contributed by atoms with Gasteiger partial charge >= 0.3 is 0 Å². The van der Waals surface area contributed by atoms with Crippen molar-refractivity contribution in [3.63, 3.8) is 0 Å². The Kier molecular flexibility index (Phi) is 5.44. The normalized spacial score (nSPS) is 31.8. The highest BCUT2D eigenvalue weighted by Gasteiger charge is 2.54. The zero-order valence-electron chi connectivity index (χ0n) is 20.9. The van der Waals surface area contributed by atoms with Crippen molar-refractivity contribution >= 4 is 28.6 Å². The van der Waals surface area contributed by atoms with Crippen molar-refractivity contribution in [3.05, 3.63) is 24.0 Å². The minimum atomic E-state index is -0.446. The number of hydrogen-bond donors (Lipinski definition) is 4. The van der Waals surface area contributed by atoms with E-state index in [-0.39, 0.29) is 0 Å². The molecule has 10 heteroatoms. The van der Waals surface area contributed by atoms with Gasteiger partial charge < -0.3 is 25.0 Å². The van der Waals surface area contributed by atoms with E-state index in [4.69, 9.17) is 14.7 Å². The molecule has 0 radical (unpaired) electrons. The highest BCUT2D eigenvalue weighted by Crippen LogP contribution is 2.56. The van der Waals surface area contributed by atoms with Gasteiger partial charge in [-0.1, -0.05) is 0 Å². The number of aromatic amines is 1. The fourth-order valence-electron chi connectivity index (χ4n) is 7.45. The van der Waals surface area contributed by atoms with Crippen LogP contribution in [0.3, 0.4) is 0 Å². The summed E-state index contributed by atoms with van der Waals surface area (Å²) in [4.78, 5) is 12.4. The monoisotopic (exact) mass is 492 g/mol. The van der Waals surface area contributed by atoms with Gasteiger partial charge in [0.25, 0.3) is 0 Å². The Morgan fingerprint density at radius 1 is 1.14 bits per heavy atom. The van der Waals surface area contributed by atoms with E-state index in [0.717, 1.165) is 87.0 Å². The summed E-state index contributed by atoms with van der Waals surface area (Å²) in [5, 5.41) is 26.5. The van der Waals surface area contributed by atoms with Crippen molar-refractivity contribution in [2.24, 2.45) is 17.8 Å². The van der Waals surface area contributed by atoms with Crippen LogP contribution in [0.4, 0.5) is 17.6 Å². The molecule has 3 aromatic heterocycles. The molecule has 0 amide bonds. The van der Waals surface area contributed by atoms with Crippen LogP contribution >= 0.6 is 0 Å². The van der Waals surface area contributed by atoms with Crippen LogP contribution in [0.15, 0.2) is 18.3 Å². The van der Waals surface area contributed by atoms with Gasteiger partial charge in [-0.3, -0.25) is 10.00 Å². The molecule has 192 valence electrons. The lowest BCUT2D eigenvalue weighted by Crippen LogP contribution is -2.59. The van der Waals surface area contributed by atoms with Gasteiger partial charge in [-0.25, -0.2) is 0 Å². The van der Waals surface area contributed by atoms with Gasteiger partial charge in [0.05, 0.1) is 24.2 Å². The van der Waals surface area contributed by atoms with Gasteiger partial charge in [0, 0.05) is 50.2 Å². The Bertz CT molecular complexity index is 1230. The molecule has 5 fully saturated rings. The Morgan fingerprint density at radius 3 is 2.67 bits per heavy atom. The van der Waals surface area contributed by atoms with Gasteiger partial charge in [-0.15, -0.1) is 0 Å². The van der Waals surface area contributed by atoms with Crippen LogP contribution in [0.25, 0.3) is 11.0 Å². The fraction of sp³-hybridized carbons (Fsp3) is 0.654.